The molecular weight excluding hydrogens is 381 g/mol. The summed E-state index contributed by atoms with van der Waals surface area (Å²) in [5.74, 6) is 0.0940. The number of benzene rings is 1. The highest BCUT2D eigenvalue weighted by atomic mass is 19.4. The monoisotopic (exact) mass is 400 g/mol. The molecule has 0 heterocycles. The molecule has 3 rings (SSSR count). The molecule has 1 N–H and O–H groups in total. The molecule has 10 heteroatoms. The van der Waals surface area contributed by atoms with Crippen LogP contribution in [-0.2, 0) is 20.5 Å². The predicted octanol–water partition coefficient (Wildman–Crippen LogP) is 3.92. The van der Waals surface area contributed by atoms with Crippen LogP contribution in [-0.4, -0.2) is 23.4 Å². The molecule has 0 saturated heterocycles. The van der Waals surface area contributed by atoms with Gasteiger partial charge in [0.1, 0.15) is 5.69 Å². The molecule has 28 heavy (non-hydrogen) atoms. The summed E-state index contributed by atoms with van der Waals surface area (Å²) in [6.45, 7) is -0.655. The molecule has 2 fully saturated rings. The van der Waals surface area contributed by atoms with E-state index in [4.69, 9.17) is 4.74 Å². The average molecular weight is 400 g/mol. The maximum absolute atomic E-state index is 12.7. The van der Waals surface area contributed by atoms with Gasteiger partial charge in [-0.15, -0.1) is 0 Å². The van der Waals surface area contributed by atoms with Crippen LogP contribution in [0.25, 0.3) is 0 Å². The maximum atomic E-state index is 12.7. The summed E-state index contributed by atoms with van der Waals surface area (Å²) in [5, 5.41) is 13.1. The van der Waals surface area contributed by atoms with Crippen LogP contribution in [0.4, 0.5) is 24.5 Å². The van der Waals surface area contributed by atoms with E-state index in [1.165, 1.54) is 6.42 Å². The molecule has 0 spiro atoms. The molecule has 0 aliphatic heterocycles. The van der Waals surface area contributed by atoms with Crippen LogP contribution < -0.4 is 5.32 Å². The number of hydrogen-bond acceptors (Lipinski definition) is 5. The van der Waals surface area contributed by atoms with Crippen LogP contribution >= 0.6 is 0 Å². The second kappa shape index (κ2) is 7.76. The minimum absolute atomic E-state index is 0.231. The van der Waals surface area contributed by atoms with Crippen molar-refractivity contribution in [1.82, 2.24) is 0 Å². The van der Waals surface area contributed by atoms with Crippen molar-refractivity contribution in [2.24, 2.45) is 17.8 Å². The molecule has 2 aliphatic rings. The van der Waals surface area contributed by atoms with Gasteiger partial charge in [0, 0.05) is 12.5 Å². The van der Waals surface area contributed by atoms with Crippen LogP contribution in [0.15, 0.2) is 18.2 Å². The van der Waals surface area contributed by atoms with Crippen molar-refractivity contribution in [1.29, 1.82) is 0 Å². The van der Waals surface area contributed by atoms with E-state index >= 15 is 0 Å². The summed E-state index contributed by atoms with van der Waals surface area (Å²) in [6, 6.07) is 1.77. The topological polar surface area (TPSA) is 98.5 Å². The van der Waals surface area contributed by atoms with Gasteiger partial charge in [-0.1, -0.05) is 6.42 Å². The van der Waals surface area contributed by atoms with E-state index < -0.39 is 46.5 Å². The number of anilines is 1. The van der Waals surface area contributed by atoms with Crippen molar-refractivity contribution in [3.63, 3.8) is 0 Å². The van der Waals surface area contributed by atoms with E-state index in [0.29, 0.717) is 24.0 Å². The van der Waals surface area contributed by atoms with Crippen LogP contribution in [0, 0.1) is 27.9 Å². The van der Waals surface area contributed by atoms with E-state index in [1.807, 2.05) is 0 Å². The van der Waals surface area contributed by atoms with Crippen molar-refractivity contribution in [2.75, 3.05) is 11.9 Å². The number of fused-ring (bicyclic) bond motifs is 2. The van der Waals surface area contributed by atoms with Gasteiger partial charge in [-0.25, -0.2) is 0 Å². The number of nitro groups is 1. The van der Waals surface area contributed by atoms with Crippen molar-refractivity contribution >= 4 is 23.3 Å². The highest BCUT2D eigenvalue weighted by molar-refractivity contribution is 5.94. The third-order valence-electron chi connectivity index (χ3n) is 5.47. The molecule has 2 bridgehead atoms. The SMILES string of the molecule is O=C(COC(=O)C[C@H]1C[C@H]2CC[C@@H]1C2)Nc1ccc(C(F)(F)F)cc1[N+](=O)[O-]. The van der Waals surface area contributed by atoms with E-state index in [-0.39, 0.29) is 12.3 Å². The Hall–Kier alpha value is -2.65. The van der Waals surface area contributed by atoms with E-state index in [2.05, 4.69) is 5.32 Å². The van der Waals surface area contributed by atoms with E-state index in [1.54, 1.807) is 0 Å². The zero-order valence-corrected chi connectivity index (χ0v) is 14.8. The van der Waals surface area contributed by atoms with Crippen molar-refractivity contribution in [3.05, 3.63) is 33.9 Å². The first-order chi connectivity index (χ1) is 13.1. The quantitative estimate of drug-likeness (QED) is 0.443. The Balaban J connectivity index is 1.54. The van der Waals surface area contributed by atoms with Crippen LogP contribution in [0.1, 0.15) is 37.7 Å². The first kappa shape index (κ1) is 20.1. The van der Waals surface area contributed by atoms with Gasteiger partial charge in [-0.05, 0) is 49.1 Å². The fraction of sp³-hybridized carbons (Fsp3) is 0.556. The standard InChI is InChI=1S/C18H19F3N2O5/c19-18(20,21)13-3-4-14(15(8-13)23(26)27)22-16(24)9-28-17(25)7-12-6-10-1-2-11(12)5-10/h3-4,8,10-12H,1-2,5-7,9H2,(H,22,24)/t10-,11+,12+/m0/s1. The summed E-state index contributed by atoms with van der Waals surface area (Å²) < 4.78 is 43.0. The fourth-order valence-corrected chi connectivity index (χ4v) is 4.20. The fourth-order valence-electron chi connectivity index (χ4n) is 4.20. The minimum Gasteiger partial charge on any atom is -0.456 e. The Kier molecular flexibility index (Phi) is 5.57. The lowest BCUT2D eigenvalue weighted by molar-refractivity contribution is -0.384. The van der Waals surface area contributed by atoms with Crippen LogP contribution in [0.3, 0.4) is 0 Å². The molecule has 2 aliphatic carbocycles. The Labute approximate surface area is 158 Å². The average Bonchev–Trinajstić information content (AvgIpc) is 3.22. The van der Waals surface area contributed by atoms with Gasteiger partial charge in [0.15, 0.2) is 6.61 Å². The second-order valence-electron chi connectivity index (χ2n) is 7.33. The lowest BCUT2D eigenvalue weighted by Crippen LogP contribution is -2.23. The summed E-state index contributed by atoms with van der Waals surface area (Å²) >= 11 is 0. The Morgan fingerprint density at radius 1 is 1.25 bits per heavy atom. The summed E-state index contributed by atoms with van der Waals surface area (Å²) in [4.78, 5) is 33.8. The number of alkyl halides is 3. The summed E-state index contributed by atoms with van der Waals surface area (Å²) in [5.41, 5.74) is -2.49. The molecule has 0 unspecified atom stereocenters. The third-order valence-corrected chi connectivity index (χ3v) is 5.47. The van der Waals surface area contributed by atoms with Gasteiger partial charge in [0.2, 0.25) is 0 Å². The normalized spacial score (nSPS) is 23.5. The number of carbonyl (C=O) groups is 2. The molecule has 1 aromatic rings. The smallest absolute Gasteiger partial charge is 0.416 e. The number of nitrogens with zero attached hydrogens (tertiary/aromatic N) is 1. The Morgan fingerprint density at radius 2 is 2.00 bits per heavy atom. The molecule has 7 nitrogen and oxygen atoms in total. The molecule has 1 aromatic carbocycles. The highest BCUT2D eigenvalue weighted by Crippen LogP contribution is 2.49. The van der Waals surface area contributed by atoms with Crippen molar-refractivity contribution in [2.45, 2.75) is 38.3 Å². The molecule has 1 amide bonds. The maximum Gasteiger partial charge on any atom is 0.416 e. The number of nitrogens with one attached hydrogen (secondary N) is 1. The van der Waals surface area contributed by atoms with Crippen LogP contribution in [0.5, 0.6) is 0 Å². The van der Waals surface area contributed by atoms with Crippen LogP contribution in [0.2, 0.25) is 0 Å². The first-order valence-electron chi connectivity index (χ1n) is 8.94. The number of carbonyl (C=O) groups excluding carboxylic acids is 2. The molecule has 0 aromatic heterocycles. The molecule has 3 atom stereocenters. The molecule has 2 saturated carbocycles. The van der Waals surface area contributed by atoms with Gasteiger partial charge in [-0.2, -0.15) is 13.2 Å². The van der Waals surface area contributed by atoms with Gasteiger partial charge < -0.3 is 10.1 Å². The minimum atomic E-state index is -4.75. The largest absolute Gasteiger partial charge is 0.456 e. The van der Waals surface area contributed by atoms with Gasteiger partial charge in [0.25, 0.3) is 11.6 Å². The highest BCUT2D eigenvalue weighted by Gasteiger charge is 2.40. The molecule has 0 radical (unpaired) electrons. The summed E-state index contributed by atoms with van der Waals surface area (Å²) in [7, 11) is 0. The first-order valence-corrected chi connectivity index (χ1v) is 8.94. The number of rotatable bonds is 6. The Bertz CT molecular complexity index is 796. The zero-order valence-electron chi connectivity index (χ0n) is 14.8. The zero-order chi connectivity index (χ0) is 20.5. The number of halogens is 3. The van der Waals surface area contributed by atoms with E-state index in [0.717, 1.165) is 25.3 Å². The second-order valence-corrected chi connectivity index (χ2v) is 7.33. The van der Waals surface area contributed by atoms with E-state index in [9.17, 15) is 32.9 Å². The van der Waals surface area contributed by atoms with Crippen molar-refractivity contribution in [3.8, 4) is 0 Å². The van der Waals surface area contributed by atoms with Gasteiger partial charge in [-0.3, -0.25) is 19.7 Å². The number of esters is 1. The summed E-state index contributed by atoms with van der Waals surface area (Å²) in [6.07, 6.45) is -0.0810. The van der Waals surface area contributed by atoms with Gasteiger partial charge >= 0.3 is 12.1 Å². The Morgan fingerprint density at radius 3 is 2.57 bits per heavy atom. The van der Waals surface area contributed by atoms with Crippen molar-refractivity contribution < 1.29 is 32.4 Å². The predicted molar refractivity (Wildman–Crippen MR) is 91.2 cm³/mol. The number of amides is 1. The lowest BCUT2D eigenvalue weighted by Gasteiger charge is -2.20. The number of nitro benzene ring substituents is 1. The lowest BCUT2D eigenvalue weighted by atomic mass is 9.86. The number of ether oxygens (including phenoxy) is 1. The molecule has 152 valence electrons. The molecular formula is C18H19F3N2O5. The van der Waals surface area contributed by atoms with Gasteiger partial charge in [0.05, 0.1) is 10.5 Å². The third kappa shape index (κ3) is 4.60. The number of hydrogen-bond donors (Lipinski definition) is 1.